The SMILES string of the molecule is COc1cccc(-n2c(=O)[nH]c3c(C(N)=O)nc(-c4cccc(F)c4)nc32)c1. The summed E-state index contributed by atoms with van der Waals surface area (Å²) in [4.78, 5) is 35.6. The Morgan fingerprint density at radius 3 is 2.68 bits per heavy atom. The van der Waals surface area contributed by atoms with Crippen LogP contribution >= 0.6 is 0 Å². The van der Waals surface area contributed by atoms with Crippen molar-refractivity contribution in [2.24, 2.45) is 5.73 Å². The highest BCUT2D eigenvalue weighted by Crippen LogP contribution is 2.23. The number of fused-ring (bicyclic) bond motifs is 1. The van der Waals surface area contributed by atoms with Crippen molar-refractivity contribution in [3.05, 3.63) is 70.5 Å². The minimum Gasteiger partial charge on any atom is -0.497 e. The average Bonchev–Trinajstić information content (AvgIpc) is 3.02. The van der Waals surface area contributed by atoms with E-state index in [2.05, 4.69) is 15.0 Å². The highest BCUT2D eigenvalue weighted by Gasteiger charge is 2.20. The van der Waals surface area contributed by atoms with Crippen LogP contribution < -0.4 is 16.2 Å². The van der Waals surface area contributed by atoms with Crippen molar-refractivity contribution in [1.82, 2.24) is 19.5 Å². The molecule has 0 aliphatic rings. The van der Waals surface area contributed by atoms with Crippen LogP contribution in [0.4, 0.5) is 4.39 Å². The maximum atomic E-state index is 13.6. The van der Waals surface area contributed by atoms with E-state index < -0.39 is 17.4 Å². The molecule has 28 heavy (non-hydrogen) atoms. The number of nitrogens with zero attached hydrogens (tertiary/aromatic N) is 3. The predicted octanol–water partition coefficient (Wildman–Crippen LogP) is 2.02. The van der Waals surface area contributed by atoms with Crippen LogP contribution in [0.5, 0.6) is 5.75 Å². The van der Waals surface area contributed by atoms with Crippen LogP contribution in [0.25, 0.3) is 28.2 Å². The van der Waals surface area contributed by atoms with Crippen molar-refractivity contribution in [3.63, 3.8) is 0 Å². The van der Waals surface area contributed by atoms with E-state index in [-0.39, 0.29) is 22.7 Å². The standard InChI is InChI=1S/C19H14FN5O3/c1-28-13-7-3-6-12(9-13)25-18-15(23-19(25)27)14(16(21)26)22-17(24-18)10-4-2-5-11(20)8-10/h2-9H,1H3,(H2,21,26)(H,23,27). The highest BCUT2D eigenvalue weighted by atomic mass is 19.1. The molecular weight excluding hydrogens is 365 g/mol. The summed E-state index contributed by atoms with van der Waals surface area (Å²) in [6.45, 7) is 0. The largest absolute Gasteiger partial charge is 0.497 e. The summed E-state index contributed by atoms with van der Waals surface area (Å²) in [5.74, 6) is -0.727. The molecule has 0 aliphatic heterocycles. The summed E-state index contributed by atoms with van der Waals surface area (Å²) < 4.78 is 20.1. The number of halogens is 1. The second kappa shape index (κ2) is 6.62. The lowest BCUT2D eigenvalue weighted by molar-refractivity contribution is 0.0997. The minimum absolute atomic E-state index is 0.0662. The van der Waals surface area contributed by atoms with Gasteiger partial charge in [-0.2, -0.15) is 0 Å². The van der Waals surface area contributed by atoms with Crippen LogP contribution in [-0.4, -0.2) is 32.5 Å². The number of aromatic amines is 1. The number of amides is 1. The number of benzene rings is 2. The Morgan fingerprint density at radius 2 is 1.96 bits per heavy atom. The van der Waals surface area contributed by atoms with Gasteiger partial charge in [0, 0.05) is 11.6 Å². The van der Waals surface area contributed by atoms with Gasteiger partial charge in [-0.3, -0.25) is 4.79 Å². The zero-order chi connectivity index (χ0) is 19.8. The number of rotatable bonds is 4. The number of H-pyrrole nitrogens is 1. The van der Waals surface area contributed by atoms with Crippen LogP contribution in [0.2, 0.25) is 0 Å². The third-order valence-electron chi connectivity index (χ3n) is 4.16. The smallest absolute Gasteiger partial charge is 0.332 e. The molecule has 0 atom stereocenters. The monoisotopic (exact) mass is 379 g/mol. The molecule has 0 bridgehead atoms. The van der Waals surface area contributed by atoms with Crippen molar-refractivity contribution in [3.8, 4) is 22.8 Å². The van der Waals surface area contributed by atoms with Gasteiger partial charge < -0.3 is 15.5 Å². The summed E-state index contributed by atoms with van der Waals surface area (Å²) in [6, 6.07) is 12.4. The molecule has 2 heterocycles. The summed E-state index contributed by atoms with van der Waals surface area (Å²) in [7, 11) is 1.51. The molecule has 0 fully saturated rings. The number of aromatic nitrogens is 4. The molecule has 0 aliphatic carbocycles. The van der Waals surface area contributed by atoms with Gasteiger partial charge in [-0.1, -0.05) is 18.2 Å². The maximum Gasteiger partial charge on any atom is 0.332 e. The zero-order valence-electron chi connectivity index (χ0n) is 14.6. The molecule has 2 aromatic carbocycles. The van der Waals surface area contributed by atoms with Gasteiger partial charge in [-0.05, 0) is 24.3 Å². The van der Waals surface area contributed by atoms with Crippen molar-refractivity contribution in [1.29, 1.82) is 0 Å². The van der Waals surface area contributed by atoms with Crippen LogP contribution in [0.1, 0.15) is 10.5 Å². The minimum atomic E-state index is -0.843. The number of hydrogen-bond donors (Lipinski definition) is 2. The van der Waals surface area contributed by atoms with Crippen LogP contribution in [0.15, 0.2) is 53.3 Å². The van der Waals surface area contributed by atoms with Crippen LogP contribution in [0.3, 0.4) is 0 Å². The van der Waals surface area contributed by atoms with E-state index in [4.69, 9.17) is 10.5 Å². The van der Waals surface area contributed by atoms with Gasteiger partial charge in [-0.15, -0.1) is 0 Å². The number of hydrogen-bond acceptors (Lipinski definition) is 5. The normalized spacial score (nSPS) is 10.9. The highest BCUT2D eigenvalue weighted by molar-refractivity contribution is 6.02. The molecular formula is C19H14FN5O3. The first-order chi connectivity index (χ1) is 13.5. The lowest BCUT2D eigenvalue weighted by atomic mass is 10.2. The van der Waals surface area contributed by atoms with Gasteiger partial charge in [-0.25, -0.2) is 23.7 Å². The molecule has 1 amide bonds. The number of primary amides is 1. The topological polar surface area (TPSA) is 116 Å². The van der Waals surface area contributed by atoms with E-state index in [1.165, 1.54) is 29.9 Å². The average molecular weight is 379 g/mol. The first kappa shape index (κ1) is 17.4. The Morgan fingerprint density at radius 1 is 1.18 bits per heavy atom. The van der Waals surface area contributed by atoms with E-state index in [1.54, 1.807) is 30.3 Å². The Labute approximate surface area is 157 Å². The number of nitrogens with two attached hydrogens (primary N) is 1. The summed E-state index contributed by atoms with van der Waals surface area (Å²) in [5, 5.41) is 0. The third-order valence-corrected chi connectivity index (χ3v) is 4.16. The Hall–Kier alpha value is -4.01. The van der Waals surface area contributed by atoms with Crippen molar-refractivity contribution in [2.75, 3.05) is 7.11 Å². The third kappa shape index (κ3) is 2.88. The summed E-state index contributed by atoms with van der Waals surface area (Å²) in [5.41, 5.74) is 5.80. The fraction of sp³-hybridized carbons (Fsp3) is 0.0526. The first-order valence-electron chi connectivity index (χ1n) is 8.21. The summed E-state index contributed by atoms with van der Waals surface area (Å²) in [6.07, 6.45) is 0. The van der Waals surface area contributed by atoms with Gasteiger partial charge in [0.1, 0.15) is 17.1 Å². The van der Waals surface area contributed by atoms with E-state index in [0.717, 1.165) is 0 Å². The second-order valence-corrected chi connectivity index (χ2v) is 5.94. The van der Waals surface area contributed by atoms with Crippen molar-refractivity contribution >= 4 is 17.1 Å². The molecule has 0 saturated heterocycles. The predicted molar refractivity (Wildman–Crippen MR) is 99.9 cm³/mol. The Balaban J connectivity index is 2.05. The second-order valence-electron chi connectivity index (χ2n) is 5.94. The van der Waals surface area contributed by atoms with Gasteiger partial charge >= 0.3 is 5.69 Å². The Kier molecular flexibility index (Phi) is 4.11. The number of methoxy groups -OCH3 is 1. The van der Waals surface area contributed by atoms with Gasteiger partial charge in [0.15, 0.2) is 17.2 Å². The van der Waals surface area contributed by atoms with Crippen molar-refractivity contribution < 1.29 is 13.9 Å². The molecule has 9 heteroatoms. The summed E-state index contributed by atoms with van der Waals surface area (Å²) >= 11 is 0. The lowest BCUT2D eigenvalue weighted by Crippen LogP contribution is -2.15. The lowest BCUT2D eigenvalue weighted by Gasteiger charge is -2.07. The molecule has 0 spiro atoms. The van der Waals surface area contributed by atoms with Gasteiger partial charge in [0.2, 0.25) is 0 Å². The van der Waals surface area contributed by atoms with Crippen LogP contribution in [-0.2, 0) is 0 Å². The quantitative estimate of drug-likeness (QED) is 0.563. The number of carbonyl (C=O) groups excluding carboxylic acids is 1. The molecule has 140 valence electrons. The molecule has 2 aromatic heterocycles. The number of ether oxygens (including phenoxy) is 1. The molecule has 0 saturated carbocycles. The van der Waals surface area contributed by atoms with E-state index >= 15 is 0 Å². The number of imidazole rings is 1. The molecule has 3 N–H and O–H groups in total. The van der Waals surface area contributed by atoms with Gasteiger partial charge in [0.25, 0.3) is 5.91 Å². The van der Waals surface area contributed by atoms with Gasteiger partial charge in [0.05, 0.1) is 12.8 Å². The molecule has 0 unspecified atom stereocenters. The van der Waals surface area contributed by atoms with E-state index in [9.17, 15) is 14.0 Å². The molecule has 4 aromatic rings. The molecule has 4 rings (SSSR count). The molecule has 8 nitrogen and oxygen atoms in total. The zero-order valence-corrected chi connectivity index (χ0v) is 14.6. The van der Waals surface area contributed by atoms with Crippen molar-refractivity contribution in [2.45, 2.75) is 0 Å². The fourth-order valence-electron chi connectivity index (χ4n) is 2.91. The molecule has 0 radical (unpaired) electrons. The van der Waals surface area contributed by atoms with Crippen LogP contribution in [0, 0.1) is 5.82 Å². The Bertz CT molecular complexity index is 1280. The number of carbonyl (C=O) groups is 1. The fourth-order valence-corrected chi connectivity index (χ4v) is 2.91. The van der Waals surface area contributed by atoms with E-state index in [1.807, 2.05) is 0 Å². The number of nitrogens with one attached hydrogen (secondary N) is 1. The maximum absolute atomic E-state index is 13.6. The first-order valence-corrected chi connectivity index (χ1v) is 8.21. The van der Waals surface area contributed by atoms with E-state index in [0.29, 0.717) is 17.0 Å².